The van der Waals surface area contributed by atoms with Crippen LogP contribution in [-0.2, 0) is 17.1 Å². The monoisotopic (exact) mass is 273 g/mol. The number of hydrogen-bond donors (Lipinski definition) is 2. The highest BCUT2D eigenvalue weighted by atomic mass is 32.2. The van der Waals surface area contributed by atoms with E-state index in [1.807, 2.05) is 0 Å². The predicted molar refractivity (Wildman–Crippen MR) is 65.3 cm³/mol. The highest BCUT2D eigenvalue weighted by molar-refractivity contribution is 7.94. The van der Waals surface area contributed by atoms with Crippen LogP contribution in [0.1, 0.15) is 5.69 Å². The summed E-state index contributed by atoms with van der Waals surface area (Å²) in [5.41, 5.74) is 6.27. The first-order valence-electron chi connectivity index (χ1n) is 4.63. The zero-order chi connectivity index (χ0) is 12.6. The normalized spacial score (nSPS) is 11.6. The SMILES string of the molecule is Cc1nc(N)sc1S(=O)(=O)Nc1cnn(C)c1. The van der Waals surface area contributed by atoms with Gasteiger partial charge in [-0.25, -0.2) is 13.4 Å². The lowest BCUT2D eigenvalue weighted by molar-refractivity contribution is 0.602. The first-order valence-corrected chi connectivity index (χ1v) is 6.93. The molecule has 9 heteroatoms. The lowest BCUT2D eigenvalue weighted by atomic mass is 10.6. The summed E-state index contributed by atoms with van der Waals surface area (Å²) < 4.78 is 28.1. The Hall–Kier alpha value is -1.61. The molecule has 7 nitrogen and oxygen atoms in total. The van der Waals surface area contributed by atoms with Gasteiger partial charge in [0.2, 0.25) is 0 Å². The Morgan fingerprint density at radius 2 is 2.24 bits per heavy atom. The van der Waals surface area contributed by atoms with Crippen LogP contribution in [0.2, 0.25) is 0 Å². The highest BCUT2D eigenvalue weighted by Crippen LogP contribution is 2.26. The van der Waals surface area contributed by atoms with Gasteiger partial charge in [-0.2, -0.15) is 5.10 Å². The second kappa shape index (κ2) is 4.00. The zero-order valence-corrected chi connectivity index (χ0v) is 10.8. The lowest BCUT2D eigenvalue weighted by Crippen LogP contribution is -2.12. The van der Waals surface area contributed by atoms with Crippen molar-refractivity contribution in [3.8, 4) is 0 Å². The van der Waals surface area contributed by atoms with E-state index in [1.54, 1.807) is 20.2 Å². The molecule has 2 rings (SSSR count). The standard InChI is InChI=1S/C8H11N5O2S2/c1-5-7(16-8(9)11-5)17(14,15)12-6-3-10-13(2)4-6/h3-4,12H,1-2H3,(H2,9,11). The van der Waals surface area contributed by atoms with Gasteiger partial charge in [-0.3, -0.25) is 9.40 Å². The van der Waals surface area contributed by atoms with Crippen molar-refractivity contribution in [2.45, 2.75) is 11.1 Å². The fourth-order valence-electron chi connectivity index (χ4n) is 1.33. The Bertz CT molecular complexity index is 643. The summed E-state index contributed by atoms with van der Waals surface area (Å²) in [5, 5.41) is 4.11. The maximum atomic E-state index is 12.0. The topological polar surface area (TPSA) is 103 Å². The number of aromatic nitrogens is 3. The minimum Gasteiger partial charge on any atom is -0.375 e. The van der Waals surface area contributed by atoms with Gasteiger partial charge in [0.1, 0.15) is 0 Å². The van der Waals surface area contributed by atoms with Gasteiger partial charge in [-0.1, -0.05) is 11.3 Å². The Morgan fingerprint density at radius 3 is 2.71 bits per heavy atom. The lowest BCUT2D eigenvalue weighted by Gasteiger charge is -2.03. The van der Waals surface area contributed by atoms with E-state index in [9.17, 15) is 8.42 Å². The van der Waals surface area contributed by atoms with E-state index in [0.717, 1.165) is 11.3 Å². The largest absolute Gasteiger partial charge is 0.375 e. The van der Waals surface area contributed by atoms with Crippen molar-refractivity contribution in [3.63, 3.8) is 0 Å². The summed E-state index contributed by atoms with van der Waals surface area (Å²) in [4.78, 5) is 3.88. The Kier molecular flexibility index (Phi) is 2.79. The molecule has 0 atom stereocenters. The Balaban J connectivity index is 2.34. The predicted octanol–water partition coefficient (Wildman–Crippen LogP) is 0.568. The number of sulfonamides is 1. The number of nitrogens with zero attached hydrogens (tertiary/aromatic N) is 3. The minimum atomic E-state index is -3.64. The van der Waals surface area contributed by atoms with Crippen LogP contribution in [0.3, 0.4) is 0 Å². The molecule has 0 aliphatic carbocycles. The van der Waals surface area contributed by atoms with Crippen LogP contribution in [0.25, 0.3) is 0 Å². The van der Waals surface area contributed by atoms with Gasteiger partial charge in [0.25, 0.3) is 10.0 Å². The van der Waals surface area contributed by atoms with E-state index >= 15 is 0 Å². The molecule has 0 saturated heterocycles. The summed E-state index contributed by atoms with van der Waals surface area (Å²) >= 11 is 0.936. The third kappa shape index (κ3) is 2.39. The van der Waals surface area contributed by atoms with Crippen molar-refractivity contribution >= 4 is 32.2 Å². The molecular weight excluding hydrogens is 262 g/mol. The molecule has 2 heterocycles. The molecule has 0 aliphatic rings. The zero-order valence-electron chi connectivity index (χ0n) is 9.21. The average Bonchev–Trinajstić information content (AvgIpc) is 2.72. The van der Waals surface area contributed by atoms with Crippen molar-refractivity contribution in [2.24, 2.45) is 7.05 Å². The molecule has 0 saturated carbocycles. The molecule has 3 N–H and O–H groups in total. The summed E-state index contributed by atoms with van der Waals surface area (Å²) in [5.74, 6) is 0. The quantitative estimate of drug-likeness (QED) is 0.851. The first kappa shape index (κ1) is 11.9. The molecular formula is C8H11N5O2S2. The molecule has 0 bridgehead atoms. The number of nitrogen functional groups attached to an aromatic ring is 1. The number of nitrogens with two attached hydrogens (primary N) is 1. The fraction of sp³-hybridized carbons (Fsp3) is 0.250. The number of anilines is 2. The number of rotatable bonds is 3. The van der Waals surface area contributed by atoms with Gasteiger partial charge in [0, 0.05) is 13.2 Å². The van der Waals surface area contributed by atoms with Crippen molar-refractivity contribution in [1.29, 1.82) is 0 Å². The van der Waals surface area contributed by atoms with Crippen molar-refractivity contribution in [2.75, 3.05) is 10.5 Å². The van der Waals surface area contributed by atoms with E-state index in [2.05, 4.69) is 14.8 Å². The smallest absolute Gasteiger partial charge is 0.273 e. The second-order valence-corrected chi connectivity index (χ2v) is 6.34. The number of nitrogens with one attached hydrogen (secondary N) is 1. The molecule has 0 amide bonds. The molecule has 0 spiro atoms. The summed E-state index contributed by atoms with van der Waals surface area (Å²) in [7, 11) is -1.94. The molecule has 0 aromatic carbocycles. The molecule has 0 unspecified atom stereocenters. The van der Waals surface area contributed by atoms with Crippen LogP contribution in [-0.4, -0.2) is 23.2 Å². The Labute approximate surface area is 102 Å². The molecule has 0 radical (unpaired) electrons. The average molecular weight is 273 g/mol. The van der Waals surface area contributed by atoms with Crippen LogP contribution in [0.15, 0.2) is 16.6 Å². The van der Waals surface area contributed by atoms with Crippen LogP contribution in [0, 0.1) is 6.92 Å². The molecule has 17 heavy (non-hydrogen) atoms. The fourth-order valence-corrected chi connectivity index (χ4v) is 3.66. The first-order chi connectivity index (χ1) is 7.88. The van der Waals surface area contributed by atoms with Gasteiger partial charge >= 0.3 is 0 Å². The Morgan fingerprint density at radius 1 is 1.53 bits per heavy atom. The third-order valence-electron chi connectivity index (χ3n) is 1.97. The van der Waals surface area contributed by atoms with Gasteiger partial charge in [0.05, 0.1) is 17.6 Å². The minimum absolute atomic E-state index is 0.124. The summed E-state index contributed by atoms with van der Waals surface area (Å²) in [6.45, 7) is 1.60. The van der Waals surface area contributed by atoms with E-state index in [1.165, 1.54) is 10.9 Å². The molecule has 92 valence electrons. The van der Waals surface area contributed by atoms with Crippen molar-refractivity contribution < 1.29 is 8.42 Å². The van der Waals surface area contributed by atoms with Crippen LogP contribution < -0.4 is 10.5 Å². The van der Waals surface area contributed by atoms with Gasteiger partial charge in [0.15, 0.2) is 9.34 Å². The van der Waals surface area contributed by atoms with Crippen molar-refractivity contribution in [3.05, 3.63) is 18.1 Å². The van der Waals surface area contributed by atoms with E-state index < -0.39 is 10.0 Å². The van der Waals surface area contributed by atoms with Gasteiger partial charge in [-0.05, 0) is 6.92 Å². The van der Waals surface area contributed by atoms with Gasteiger partial charge in [-0.15, -0.1) is 0 Å². The van der Waals surface area contributed by atoms with Gasteiger partial charge < -0.3 is 5.73 Å². The summed E-state index contributed by atoms with van der Waals surface area (Å²) in [6.07, 6.45) is 2.99. The molecule has 2 aromatic heterocycles. The second-order valence-electron chi connectivity index (χ2n) is 3.43. The number of thiazole rings is 1. The van der Waals surface area contributed by atoms with Crippen LogP contribution in [0.4, 0.5) is 10.8 Å². The summed E-state index contributed by atoms with van der Waals surface area (Å²) in [6, 6.07) is 0. The molecule has 2 aromatic rings. The van der Waals surface area contributed by atoms with E-state index in [-0.39, 0.29) is 9.34 Å². The third-order valence-corrected chi connectivity index (χ3v) is 4.95. The molecule has 0 fully saturated rings. The maximum Gasteiger partial charge on any atom is 0.273 e. The highest BCUT2D eigenvalue weighted by Gasteiger charge is 2.21. The van der Waals surface area contributed by atoms with Crippen LogP contribution >= 0.6 is 11.3 Å². The number of aryl methyl sites for hydroxylation is 2. The maximum absolute atomic E-state index is 12.0. The van der Waals surface area contributed by atoms with E-state index in [0.29, 0.717) is 11.4 Å². The van der Waals surface area contributed by atoms with Crippen molar-refractivity contribution in [1.82, 2.24) is 14.8 Å². The van der Waals surface area contributed by atoms with Crippen LogP contribution in [0.5, 0.6) is 0 Å². The molecule has 0 aliphatic heterocycles. The number of hydrogen-bond acceptors (Lipinski definition) is 6. The van der Waals surface area contributed by atoms with E-state index in [4.69, 9.17) is 5.73 Å².